The molecule has 5 heteroatoms. The number of nitrogens with zero attached hydrogens (tertiary/aromatic N) is 1. The number of ether oxygens (including phenoxy) is 1. The molecule has 1 heterocycles. The molecule has 0 saturated heterocycles. The minimum absolute atomic E-state index is 0.271. The van der Waals surface area contributed by atoms with Crippen LogP contribution in [0.5, 0.6) is 5.75 Å². The third-order valence-electron chi connectivity index (χ3n) is 1.98. The summed E-state index contributed by atoms with van der Waals surface area (Å²) in [5.74, 6) is 0.359. The zero-order chi connectivity index (χ0) is 11.4. The number of rotatable bonds is 4. The third kappa shape index (κ3) is 2.77. The highest BCUT2D eigenvalue weighted by atomic mass is 32.1. The Hall–Kier alpha value is -1.46. The van der Waals surface area contributed by atoms with Gasteiger partial charge in [-0.1, -0.05) is 0 Å². The highest BCUT2D eigenvalue weighted by Crippen LogP contribution is 2.16. The van der Waals surface area contributed by atoms with E-state index in [1.54, 1.807) is 18.3 Å². The molecule has 0 unspecified atom stereocenters. The van der Waals surface area contributed by atoms with Crippen LogP contribution in [-0.4, -0.2) is 4.98 Å². The molecule has 0 radical (unpaired) electrons. The molecule has 84 valence electrons. The number of benzene rings is 1. The molecule has 0 saturated carbocycles. The Bertz CT molecular complexity index is 455. The lowest BCUT2D eigenvalue weighted by atomic mass is 10.3. The quantitative estimate of drug-likeness (QED) is 0.889. The molecule has 2 N–H and O–H groups in total. The maximum Gasteiger partial charge on any atom is 0.140 e. The summed E-state index contributed by atoms with van der Waals surface area (Å²) < 4.78 is 18.1. The Kier molecular flexibility index (Phi) is 3.48. The maximum absolute atomic E-state index is 12.6. The second-order valence-electron chi connectivity index (χ2n) is 3.17. The van der Waals surface area contributed by atoms with Crippen LogP contribution < -0.4 is 10.5 Å². The fourth-order valence-corrected chi connectivity index (χ4v) is 1.90. The van der Waals surface area contributed by atoms with Crippen LogP contribution in [0.3, 0.4) is 0 Å². The molecule has 0 aliphatic rings. The predicted molar refractivity (Wildman–Crippen MR) is 60.7 cm³/mol. The lowest BCUT2D eigenvalue weighted by Crippen LogP contribution is -1.94. The molecule has 1 aromatic carbocycles. The van der Waals surface area contributed by atoms with Gasteiger partial charge in [-0.15, -0.1) is 11.3 Å². The number of hydrogen-bond donors (Lipinski definition) is 1. The number of thiazole rings is 1. The van der Waals surface area contributed by atoms with Gasteiger partial charge in [0.05, 0.1) is 0 Å². The predicted octanol–water partition coefficient (Wildman–Crippen LogP) is 2.32. The molecular weight excluding hydrogens is 227 g/mol. The lowest BCUT2D eigenvalue weighted by molar-refractivity contribution is 0.305. The van der Waals surface area contributed by atoms with Gasteiger partial charge in [-0.3, -0.25) is 0 Å². The molecule has 0 bridgehead atoms. The fraction of sp³-hybridized carbons (Fsp3) is 0.182. The topological polar surface area (TPSA) is 48.1 Å². The Morgan fingerprint density at radius 1 is 1.31 bits per heavy atom. The summed E-state index contributed by atoms with van der Waals surface area (Å²) in [5, 5.41) is 0.866. The van der Waals surface area contributed by atoms with Crippen LogP contribution >= 0.6 is 11.3 Å². The van der Waals surface area contributed by atoms with Crippen LogP contribution in [0.2, 0.25) is 0 Å². The summed E-state index contributed by atoms with van der Waals surface area (Å²) in [5.41, 5.74) is 5.48. The Balaban J connectivity index is 1.94. The van der Waals surface area contributed by atoms with Crippen LogP contribution in [0.4, 0.5) is 4.39 Å². The lowest BCUT2D eigenvalue weighted by Gasteiger charge is -2.02. The summed E-state index contributed by atoms with van der Waals surface area (Å²) in [4.78, 5) is 5.18. The summed E-state index contributed by atoms with van der Waals surface area (Å²) in [6.45, 7) is 0.879. The van der Waals surface area contributed by atoms with Gasteiger partial charge in [0.1, 0.15) is 23.2 Å². The molecule has 2 rings (SSSR count). The van der Waals surface area contributed by atoms with Gasteiger partial charge in [0.25, 0.3) is 0 Å². The molecule has 2 aromatic rings. The zero-order valence-electron chi connectivity index (χ0n) is 8.52. The first-order valence-electron chi connectivity index (χ1n) is 4.80. The van der Waals surface area contributed by atoms with Crippen LogP contribution in [0.15, 0.2) is 30.5 Å². The minimum Gasteiger partial charge on any atom is -0.486 e. The van der Waals surface area contributed by atoms with Crippen molar-refractivity contribution in [2.45, 2.75) is 13.2 Å². The van der Waals surface area contributed by atoms with Crippen molar-refractivity contribution in [3.8, 4) is 5.75 Å². The first-order chi connectivity index (χ1) is 7.78. The highest BCUT2D eigenvalue weighted by molar-refractivity contribution is 7.11. The minimum atomic E-state index is -0.271. The SMILES string of the molecule is NCc1cnc(COc2ccc(F)cc2)s1. The molecular formula is C11H11FN2OS. The van der Waals surface area contributed by atoms with Crippen molar-refractivity contribution in [2.75, 3.05) is 0 Å². The third-order valence-corrected chi connectivity index (χ3v) is 2.97. The van der Waals surface area contributed by atoms with Crippen molar-refractivity contribution < 1.29 is 9.13 Å². The van der Waals surface area contributed by atoms with E-state index >= 15 is 0 Å². The van der Waals surface area contributed by atoms with Crippen LogP contribution in [0.1, 0.15) is 9.88 Å². The van der Waals surface area contributed by atoms with Crippen molar-refractivity contribution >= 4 is 11.3 Å². The standard InChI is InChI=1S/C11H11FN2OS/c12-8-1-3-9(4-2-8)15-7-11-14-6-10(5-13)16-11/h1-4,6H,5,7,13H2. The maximum atomic E-state index is 12.6. The van der Waals surface area contributed by atoms with Gasteiger partial charge in [-0.25, -0.2) is 9.37 Å². The molecule has 0 aliphatic heterocycles. The second-order valence-corrected chi connectivity index (χ2v) is 4.37. The molecule has 0 fully saturated rings. The fourth-order valence-electron chi connectivity index (χ4n) is 1.19. The summed E-state index contributed by atoms with van der Waals surface area (Å²) >= 11 is 1.52. The van der Waals surface area contributed by atoms with E-state index < -0.39 is 0 Å². The van der Waals surface area contributed by atoms with Crippen molar-refractivity contribution in [1.82, 2.24) is 4.98 Å². The van der Waals surface area contributed by atoms with E-state index in [0.29, 0.717) is 18.9 Å². The average molecular weight is 238 g/mol. The number of aromatic nitrogens is 1. The van der Waals surface area contributed by atoms with Crippen LogP contribution in [0, 0.1) is 5.82 Å². The normalized spacial score (nSPS) is 10.4. The zero-order valence-corrected chi connectivity index (χ0v) is 9.34. The van der Waals surface area contributed by atoms with Gasteiger partial charge in [0, 0.05) is 17.6 Å². The Morgan fingerprint density at radius 2 is 2.06 bits per heavy atom. The van der Waals surface area contributed by atoms with E-state index in [2.05, 4.69) is 4.98 Å². The summed E-state index contributed by atoms with van der Waals surface area (Å²) in [6.07, 6.45) is 1.74. The van der Waals surface area contributed by atoms with Gasteiger partial charge in [-0.05, 0) is 24.3 Å². The number of nitrogens with two attached hydrogens (primary N) is 1. The Morgan fingerprint density at radius 3 is 2.69 bits per heavy atom. The first-order valence-corrected chi connectivity index (χ1v) is 5.61. The molecule has 1 aromatic heterocycles. The van der Waals surface area contributed by atoms with Gasteiger partial charge in [0.15, 0.2) is 0 Å². The van der Waals surface area contributed by atoms with Crippen molar-refractivity contribution in [3.63, 3.8) is 0 Å². The summed E-state index contributed by atoms with van der Waals surface area (Å²) in [6, 6.07) is 5.91. The van der Waals surface area contributed by atoms with E-state index in [9.17, 15) is 4.39 Å². The van der Waals surface area contributed by atoms with E-state index in [1.807, 2.05) is 0 Å². The van der Waals surface area contributed by atoms with E-state index in [0.717, 1.165) is 9.88 Å². The van der Waals surface area contributed by atoms with Crippen molar-refractivity contribution in [2.24, 2.45) is 5.73 Å². The van der Waals surface area contributed by atoms with Gasteiger partial charge in [0.2, 0.25) is 0 Å². The summed E-state index contributed by atoms with van der Waals surface area (Å²) in [7, 11) is 0. The van der Waals surface area contributed by atoms with Gasteiger partial charge in [-0.2, -0.15) is 0 Å². The largest absolute Gasteiger partial charge is 0.486 e. The van der Waals surface area contributed by atoms with E-state index in [-0.39, 0.29) is 5.82 Å². The molecule has 0 atom stereocenters. The molecule has 16 heavy (non-hydrogen) atoms. The monoisotopic (exact) mass is 238 g/mol. The van der Waals surface area contributed by atoms with Gasteiger partial charge < -0.3 is 10.5 Å². The molecule has 0 amide bonds. The number of hydrogen-bond acceptors (Lipinski definition) is 4. The van der Waals surface area contributed by atoms with Crippen LogP contribution in [-0.2, 0) is 13.2 Å². The van der Waals surface area contributed by atoms with Crippen molar-refractivity contribution in [1.29, 1.82) is 0 Å². The molecule has 3 nitrogen and oxygen atoms in total. The first kappa shape index (κ1) is 11.0. The highest BCUT2D eigenvalue weighted by Gasteiger charge is 2.01. The smallest absolute Gasteiger partial charge is 0.140 e. The van der Waals surface area contributed by atoms with E-state index in [1.165, 1.54) is 23.5 Å². The van der Waals surface area contributed by atoms with Crippen molar-refractivity contribution in [3.05, 3.63) is 46.2 Å². The molecule has 0 spiro atoms. The van der Waals surface area contributed by atoms with Gasteiger partial charge >= 0.3 is 0 Å². The second kappa shape index (κ2) is 5.05. The van der Waals surface area contributed by atoms with Crippen LogP contribution in [0.25, 0.3) is 0 Å². The Labute approximate surface area is 96.7 Å². The van der Waals surface area contributed by atoms with E-state index in [4.69, 9.17) is 10.5 Å². The number of halogens is 1. The average Bonchev–Trinajstić information content (AvgIpc) is 2.76. The molecule has 0 aliphatic carbocycles.